The van der Waals surface area contributed by atoms with Gasteiger partial charge in [0.15, 0.2) is 0 Å². The van der Waals surface area contributed by atoms with Gasteiger partial charge in [-0.2, -0.15) is 0 Å². The monoisotopic (exact) mass is 161 g/mol. The van der Waals surface area contributed by atoms with Gasteiger partial charge in [-0.1, -0.05) is 25.2 Å². The average molecular weight is 161 g/mol. The third kappa shape index (κ3) is 3.33. The Morgan fingerprint density at radius 1 is 1.50 bits per heavy atom. The van der Waals surface area contributed by atoms with E-state index in [2.05, 4.69) is 30.1 Å². The van der Waals surface area contributed by atoms with E-state index in [-0.39, 0.29) is 0 Å². The zero-order valence-corrected chi connectivity index (χ0v) is 7.75. The Labute approximate surface area is 73.8 Å². The molecule has 1 nitrogen and oxygen atoms in total. The maximum atomic E-state index is 4.36. The fourth-order valence-electron chi connectivity index (χ4n) is 0.987. The van der Waals surface area contributed by atoms with Gasteiger partial charge in [0.25, 0.3) is 0 Å². The van der Waals surface area contributed by atoms with Crippen LogP contribution < -0.4 is 5.36 Å². The molecule has 1 aromatic rings. The summed E-state index contributed by atoms with van der Waals surface area (Å²) in [5.41, 5.74) is 1.31. The molecule has 0 unspecified atom stereocenters. The van der Waals surface area contributed by atoms with Crippen LogP contribution in [0.25, 0.3) is 0 Å². The van der Waals surface area contributed by atoms with Gasteiger partial charge < -0.3 is 0 Å². The topological polar surface area (TPSA) is 12.4 Å². The van der Waals surface area contributed by atoms with Crippen LogP contribution in [0.2, 0.25) is 0 Å². The molecular weight excluding hydrogens is 146 g/mol. The van der Waals surface area contributed by atoms with E-state index in [0.29, 0.717) is 0 Å². The van der Waals surface area contributed by atoms with E-state index in [1.54, 1.807) is 0 Å². The van der Waals surface area contributed by atoms with Crippen LogP contribution in [0.1, 0.15) is 20.3 Å². The van der Waals surface area contributed by atoms with Crippen molar-refractivity contribution >= 4 is 0 Å². The van der Waals surface area contributed by atoms with E-state index in [4.69, 9.17) is 0 Å². The van der Waals surface area contributed by atoms with Crippen molar-refractivity contribution in [1.82, 2.24) is 0 Å². The van der Waals surface area contributed by atoms with Crippen molar-refractivity contribution in [2.75, 3.05) is 6.54 Å². The van der Waals surface area contributed by atoms with E-state index in [9.17, 15) is 0 Å². The van der Waals surface area contributed by atoms with Gasteiger partial charge in [-0.25, -0.2) is 0 Å². The maximum Gasteiger partial charge on any atom is 0.0643 e. The minimum absolute atomic E-state index is 0.820. The summed E-state index contributed by atoms with van der Waals surface area (Å²) in [6.45, 7) is 5.00. The first-order chi connectivity index (χ1) is 5.86. The van der Waals surface area contributed by atoms with Crippen molar-refractivity contribution in [3.05, 3.63) is 41.3 Å². The molecule has 12 heavy (non-hydrogen) atoms. The summed E-state index contributed by atoms with van der Waals surface area (Å²) in [5, 5.41) is 1.14. The molecule has 0 aliphatic rings. The lowest BCUT2D eigenvalue weighted by Crippen LogP contribution is -1.89. The van der Waals surface area contributed by atoms with Gasteiger partial charge in [-0.3, -0.25) is 4.99 Å². The van der Waals surface area contributed by atoms with E-state index >= 15 is 0 Å². The molecule has 1 rings (SSSR count). The zero-order chi connectivity index (χ0) is 8.81. The number of hydrogen-bond acceptors (Lipinski definition) is 1. The van der Waals surface area contributed by atoms with Crippen molar-refractivity contribution in [2.45, 2.75) is 20.3 Å². The van der Waals surface area contributed by atoms with Crippen LogP contribution in [0.4, 0.5) is 0 Å². The average Bonchev–Trinajstić information content (AvgIpc) is 2.84. The third-order valence-electron chi connectivity index (χ3n) is 1.61. The lowest BCUT2D eigenvalue weighted by molar-refractivity contribution is 1.09. The summed E-state index contributed by atoms with van der Waals surface area (Å²) in [6.07, 6.45) is 7.47. The van der Waals surface area contributed by atoms with Crippen LogP contribution in [-0.4, -0.2) is 6.54 Å². The Bertz CT molecular complexity index is 284. The van der Waals surface area contributed by atoms with Crippen LogP contribution in [0.3, 0.4) is 0 Å². The van der Waals surface area contributed by atoms with Crippen LogP contribution in [0, 0.1) is 0 Å². The smallest absolute Gasteiger partial charge is 0.0643 e. The quantitative estimate of drug-likeness (QED) is 0.601. The summed E-state index contributed by atoms with van der Waals surface area (Å²) in [4.78, 5) is 4.36. The van der Waals surface area contributed by atoms with Gasteiger partial charge >= 0.3 is 0 Å². The van der Waals surface area contributed by atoms with Crippen molar-refractivity contribution < 1.29 is 0 Å². The molecule has 0 aliphatic heterocycles. The Morgan fingerprint density at radius 3 is 2.75 bits per heavy atom. The number of hydrogen-bond donors (Lipinski definition) is 0. The van der Waals surface area contributed by atoms with Crippen LogP contribution in [0.5, 0.6) is 0 Å². The highest BCUT2D eigenvalue weighted by Crippen LogP contribution is 1.99. The largest absolute Gasteiger partial charge is 0.281 e. The third-order valence-corrected chi connectivity index (χ3v) is 1.61. The minimum atomic E-state index is 0.820. The van der Waals surface area contributed by atoms with Crippen molar-refractivity contribution in [1.29, 1.82) is 0 Å². The fraction of sp³-hybridized carbons (Fsp3) is 0.364. The van der Waals surface area contributed by atoms with Crippen molar-refractivity contribution in [3.8, 4) is 0 Å². The molecule has 0 bridgehead atoms. The van der Waals surface area contributed by atoms with E-state index in [1.165, 1.54) is 5.57 Å². The van der Waals surface area contributed by atoms with Gasteiger partial charge in [0.2, 0.25) is 0 Å². The summed E-state index contributed by atoms with van der Waals surface area (Å²) in [6, 6.07) is 4.05. The first-order valence-corrected chi connectivity index (χ1v) is 4.41. The first-order valence-electron chi connectivity index (χ1n) is 4.41. The Balaban J connectivity index is 2.50. The highest BCUT2D eigenvalue weighted by Gasteiger charge is 1.90. The van der Waals surface area contributed by atoms with Gasteiger partial charge in [-0.15, -0.1) is 0 Å². The molecule has 0 aliphatic carbocycles. The lowest BCUT2D eigenvalue weighted by atomic mass is 10.2. The molecule has 0 aromatic heterocycles. The van der Waals surface area contributed by atoms with Gasteiger partial charge in [0.1, 0.15) is 0 Å². The first kappa shape index (κ1) is 8.98. The summed E-state index contributed by atoms with van der Waals surface area (Å²) in [5.74, 6) is 0. The van der Waals surface area contributed by atoms with Crippen molar-refractivity contribution in [2.24, 2.45) is 4.99 Å². The summed E-state index contributed by atoms with van der Waals surface area (Å²) < 4.78 is 0. The standard InChI is InChI=1S/C11H15N/c1-3-5-10(6-4-2)9-12-11-7-8-11/h3,5-8H,4,9H2,1-2H3/b5-3-,10-6+. The molecule has 0 fully saturated rings. The SMILES string of the molecule is C/C=C\C(=C/CC)CN=c1cc1. The van der Waals surface area contributed by atoms with Gasteiger partial charge in [0.05, 0.1) is 11.9 Å². The fourth-order valence-corrected chi connectivity index (χ4v) is 0.987. The maximum absolute atomic E-state index is 4.36. The molecule has 1 aromatic carbocycles. The minimum Gasteiger partial charge on any atom is -0.281 e. The highest BCUT2D eigenvalue weighted by molar-refractivity contribution is 5.20. The Hall–Kier alpha value is -1.11. The lowest BCUT2D eigenvalue weighted by Gasteiger charge is -1.94. The molecule has 0 heterocycles. The predicted molar refractivity (Wildman–Crippen MR) is 52.4 cm³/mol. The van der Waals surface area contributed by atoms with Gasteiger partial charge in [-0.05, 0) is 31.1 Å². The number of allylic oxidation sites excluding steroid dienone is 2. The molecule has 0 N–H and O–H groups in total. The normalized spacial score (nSPS) is 13.0. The van der Waals surface area contributed by atoms with Crippen molar-refractivity contribution in [3.63, 3.8) is 0 Å². The number of rotatable bonds is 4. The van der Waals surface area contributed by atoms with Crippen LogP contribution >= 0.6 is 0 Å². The zero-order valence-electron chi connectivity index (χ0n) is 7.75. The molecule has 64 valence electrons. The second kappa shape index (κ2) is 4.70. The predicted octanol–water partition coefficient (Wildman–Crippen LogP) is 2.38. The Morgan fingerprint density at radius 2 is 2.25 bits per heavy atom. The summed E-state index contributed by atoms with van der Waals surface area (Å²) in [7, 11) is 0. The molecule has 0 saturated heterocycles. The van der Waals surface area contributed by atoms with Crippen LogP contribution in [0.15, 0.2) is 40.9 Å². The Kier molecular flexibility index (Phi) is 3.52. The van der Waals surface area contributed by atoms with Crippen LogP contribution in [-0.2, 0) is 0 Å². The summed E-state index contributed by atoms with van der Waals surface area (Å²) >= 11 is 0. The molecule has 0 amide bonds. The van der Waals surface area contributed by atoms with E-state index < -0.39 is 0 Å². The molecule has 0 spiro atoms. The molecular formula is C11H15N. The van der Waals surface area contributed by atoms with Gasteiger partial charge in [0, 0.05) is 0 Å². The second-order valence-electron chi connectivity index (χ2n) is 2.76. The van der Waals surface area contributed by atoms with E-state index in [1.807, 2.05) is 19.1 Å². The molecule has 0 radical (unpaired) electrons. The molecule has 0 saturated carbocycles. The molecule has 0 atom stereocenters. The van der Waals surface area contributed by atoms with E-state index in [0.717, 1.165) is 18.3 Å². The molecule has 1 heteroatoms. The highest BCUT2D eigenvalue weighted by atomic mass is 14.7. The number of nitrogens with zero attached hydrogens (tertiary/aromatic N) is 1. The second-order valence-corrected chi connectivity index (χ2v) is 2.76.